The minimum Gasteiger partial charge on any atom is -0.357 e. The van der Waals surface area contributed by atoms with Crippen molar-refractivity contribution < 1.29 is 4.79 Å². The van der Waals surface area contributed by atoms with Crippen molar-refractivity contribution in [2.75, 3.05) is 32.7 Å². The number of hydrogen-bond acceptors (Lipinski definition) is 2. The summed E-state index contributed by atoms with van der Waals surface area (Å²) in [6.07, 6.45) is 0. The number of halogens is 2. The molecule has 0 bridgehead atoms. The summed E-state index contributed by atoms with van der Waals surface area (Å²) in [7, 11) is 0. The minimum atomic E-state index is 0.125. The van der Waals surface area contributed by atoms with Gasteiger partial charge in [-0.2, -0.15) is 0 Å². The van der Waals surface area contributed by atoms with Crippen LogP contribution in [0.2, 0.25) is 10.0 Å². The zero-order chi connectivity index (χ0) is 16.8. The van der Waals surface area contributed by atoms with Crippen molar-refractivity contribution in [3.8, 4) is 0 Å². The van der Waals surface area contributed by atoms with Crippen LogP contribution in [0.1, 0.15) is 19.4 Å². The smallest absolute Gasteiger partial charge is 0.219 e. The maximum atomic E-state index is 11.4. The van der Waals surface area contributed by atoms with E-state index in [9.17, 15) is 4.79 Å². The molecule has 1 aliphatic heterocycles. The van der Waals surface area contributed by atoms with E-state index in [0.29, 0.717) is 16.6 Å². The predicted molar refractivity (Wildman–Crippen MR) is 95.1 cm³/mol. The molecule has 0 unspecified atom stereocenters. The molecule has 5 nitrogen and oxygen atoms in total. The summed E-state index contributed by atoms with van der Waals surface area (Å²) >= 11 is 12.1. The second-order valence-electron chi connectivity index (χ2n) is 5.40. The molecular weight excluding hydrogens is 335 g/mol. The fraction of sp³-hybridized carbons (Fsp3) is 0.500. The van der Waals surface area contributed by atoms with E-state index < -0.39 is 0 Å². The van der Waals surface area contributed by atoms with E-state index in [0.717, 1.165) is 44.2 Å². The van der Waals surface area contributed by atoms with Crippen LogP contribution in [0.5, 0.6) is 0 Å². The van der Waals surface area contributed by atoms with E-state index in [1.54, 1.807) is 13.0 Å². The highest BCUT2D eigenvalue weighted by Gasteiger charge is 2.20. The van der Waals surface area contributed by atoms with E-state index in [1.165, 1.54) is 0 Å². The van der Waals surface area contributed by atoms with Crippen LogP contribution in [0.25, 0.3) is 0 Å². The van der Waals surface area contributed by atoms with E-state index in [4.69, 9.17) is 23.2 Å². The highest BCUT2D eigenvalue weighted by Crippen LogP contribution is 2.21. The van der Waals surface area contributed by atoms with Gasteiger partial charge in [0.1, 0.15) is 0 Å². The molecule has 0 saturated carbocycles. The van der Waals surface area contributed by atoms with Gasteiger partial charge in [-0.25, -0.2) is 4.99 Å². The largest absolute Gasteiger partial charge is 0.357 e. The van der Waals surface area contributed by atoms with Gasteiger partial charge in [-0.05, 0) is 24.6 Å². The van der Waals surface area contributed by atoms with Gasteiger partial charge in [-0.3, -0.25) is 4.79 Å². The van der Waals surface area contributed by atoms with Crippen LogP contribution in [0.3, 0.4) is 0 Å². The normalized spacial score (nSPS) is 15.7. The number of piperazine rings is 1. The average molecular weight is 357 g/mol. The monoisotopic (exact) mass is 356 g/mol. The molecule has 1 aromatic rings. The Morgan fingerprint density at radius 1 is 1.22 bits per heavy atom. The number of carbonyl (C=O) groups is 1. The standard InChI is InChI=1S/C16H22Cl2N4O/c1-3-19-16(22-8-6-21(7-9-22)12(2)23)20-11-13-4-5-14(17)10-15(13)18/h4-5,10H,3,6-9,11H2,1-2H3,(H,19,20). The first kappa shape index (κ1) is 17.9. The molecule has 1 heterocycles. The summed E-state index contributed by atoms with van der Waals surface area (Å²) in [5.74, 6) is 0.973. The van der Waals surface area contributed by atoms with Crippen molar-refractivity contribution in [3.05, 3.63) is 33.8 Å². The van der Waals surface area contributed by atoms with Gasteiger partial charge in [0.2, 0.25) is 5.91 Å². The third-order valence-electron chi connectivity index (χ3n) is 3.77. The van der Waals surface area contributed by atoms with Crippen LogP contribution >= 0.6 is 23.2 Å². The first-order valence-corrected chi connectivity index (χ1v) is 8.49. The Morgan fingerprint density at radius 3 is 2.43 bits per heavy atom. The Kier molecular flexibility index (Phi) is 6.54. The fourth-order valence-corrected chi connectivity index (χ4v) is 2.94. The van der Waals surface area contributed by atoms with Gasteiger partial charge in [-0.1, -0.05) is 29.3 Å². The number of hydrogen-bond donors (Lipinski definition) is 1. The van der Waals surface area contributed by atoms with E-state index >= 15 is 0 Å². The third-order valence-corrected chi connectivity index (χ3v) is 4.36. The van der Waals surface area contributed by atoms with E-state index in [2.05, 4.69) is 15.2 Å². The number of amides is 1. The molecule has 0 aromatic heterocycles. The van der Waals surface area contributed by atoms with Crippen LogP contribution in [0, 0.1) is 0 Å². The van der Waals surface area contributed by atoms with Gasteiger partial charge in [0, 0.05) is 49.7 Å². The lowest BCUT2D eigenvalue weighted by molar-refractivity contribution is -0.130. The van der Waals surface area contributed by atoms with Crippen molar-refractivity contribution in [3.63, 3.8) is 0 Å². The highest BCUT2D eigenvalue weighted by atomic mass is 35.5. The fourth-order valence-electron chi connectivity index (χ4n) is 2.47. The first-order chi connectivity index (χ1) is 11.0. The Balaban J connectivity index is 2.04. The summed E-state index contributed by atoms with van der Waals surface area (Å²) in [6.45, 7) is 7.93. The molecule has 0 atom stereocenters. The molecule has 1 saturated heterocycles. The molecule has 1 aromatic carbocycles. The maximum Gasteiger partial charge on any atom is 0.219 e. The molecule has 0 radical (unpaired) electrons. The SMILES string of the molecule is CCNC(=NCc1ccc(Cl)cc1Cl)N1CCN(C(C)=O)CC1. The minimum absolute atomic E-state index is 0.125. The Hall–Kier alpha value is -1.46. The lowest BCUT2D eigenvalue weighted by Crippen LogP contribution is -2.53. The molecular formula is C16H22Cl2N4O. The Morgan fingerprint density at radius 2 is 1.87 bits per heavy atom. The number of guanidine groups is 1. The zero-order valence-electron chi connectivity index (χ0n) is 13.5. The van der Waals surface area contributed by atoms with Crippen molar-refractivity contribution in [1.82, 2.24) is 15.1 Å². The van der Waals surface area contributed by atoms with Crippen molar-refractivity contribution >= 4 is 35.1 Å². The van der Waals surface area contributed by atoms with E-state index in [-0.39, 0.29) is 5.91 Å². The van der Waals surface area contributed by atoms with Crippen LogP contribution in [-0.4, -0.2) is 54.4 Å². The average Bonchev–Trinajstić information content (AvgIpc) is 2.53. The van der Waals surface area contributed by atoms with Gasteiger partial charge in [0.15, 0.2) is 5.96 Å². The molecule has 126 valence electrons. The zero-order valence-corrected chi connectivity index (χ0v) is 15.0. The molecule has 1 fully saturated rings. The molecule has 0 aliphatic carbocycles. The number of nitrogens with zero attached hydrogens (tertiary/aromatic N) is 3. The second-order valence-corrected chi connectivity index (χ2v) is 6.24. The molecule has 23 heavy (non-hydrogen) atoms. The molecule has 7 heteroatoms. The molecule has 1 amide bonds. The summed E-state index contributed by atoms with van der Waals surface area (Å²) in [5, 5.41) is 4.54. The maximum absolute atomic E-state index is 11.4. The molecule has 1 aliphatic rings. The van der Waals surface area contributed by atoms with Crippen LogP contribution in [-0.2, 0) is 11.3 Å². The number of rotatable bonds is 3. The van der Waals surface area contributed by atoms with Gasteiger partial charge < -0.3 is 15.1 Å². The molecule has 0 spiro atoms. The number of aliphatic imine (C=N–C) groups is 1. The van der Waals surface area contributed by atoms with Crippen LogP contribution < -0.4 is 5.32 Å². The van der Waals surface area contributed by atoms with Crippen molar-refractivity contribution in [2.24, 2.45) is 4.99 Å². The van der Waals surface area contributed by atoms with Gasteiger partial charge in [0.05, 0.1) is 6.54 Å². The second kappa shape index (κ2) is 8.41. The van der Waals surface area contributed by atoms with Gasteiger partial charge in [0.25, 0.3) is 0 Å². The van der Waals surface area contributed by atoms with Crippen molar-refractivity contribution in [2.45, 2.75) is 20.4 Å². The summed E-state index contributed by atoms with van der Waals surface area (Å²) in [5.41, 5.74) is 0.939. The lowest BCUT2D eigenvalue weighted by atomic mass is 10.2. The third kappa shape index (κ3) is 5.01. The van der Waals surface area contributed by atoms with E-state index in [1.807, 2.05) is 24.0 Å². The van der Waals surface area contributed by atoms with Crippen LogP contribution in [0.15, 0.2) is 23.2 Å². The van der Waals surface area contributed by atoms with Crippen LogP contribution in [0.4, 0.5) is 0 Å². The number of benzene rings is 1. The Labute approximate surface area is 147 Å². The molecule has 2 rings (SSSR count). The summed E-state index contributed by atoms with van der Waals surface area (Å²) < 4.78 is 0. The quantitative estimate of drug-likeness (QED) is 0.668. The lowest BCUT2D eigenvalue weighted by Gasteiger charge is -2.36. The summed E-state index contributed by atoms with van der Waals surface area (Å²) in [4.78, 5) is 20.1. The first-order valence-electron chi connectivity index (χ1n) is 7.74. The number of carbonyl (C=O) groups excluding carboxylic acids is 1. The predicted octanol–water partition coefficient (Wildman–Crippen LogP) is 2.62. The van der Waals surface area contributed by atoms with Gasteiger partial charge >= 0.3 is 0 Å². The number of nitrogens with one attached hydrogen (secondary N) is 1. The summed E-state index contributed by atoms with van der Waals surface area (Å²) in [6, 6.07) is 5.44. The molecule has 1 N–H and O–H groups in total. The van der Waals surface area contributed by atoms with Crippen molar-refractivity contribution in [1.29, 1.82) is 0 Å². The van der Waals surface area contributed by atoms with Gasteiger partial charge in [-0.15, -0.1) is 0 Å². The highest BCUT2D eigenvalue weighted by molar-refractivity contribution is 6.35. The topological polar surface area (TPSA) is 47.9 Å². The Bertz CT molecular complexity index is 583.